The molecule has 0 bridgehead atoms. The summed E-state index contributed by atoms with van der Waals surface area (Å²) in [7, 11) is -2.87. The second-order valence-electron chi connectivity index (χ2n) is 2.54. The Hall–Kier alpha value is 1.46. The van der Waals surface area contributed by atoms with Crippen molar-refractivity contribution in [3.8, 4) is 0 Å². The zero-order valence-electron chi connectivity index (χ0n) is 7.21. The fraction of sp³-hybridized carbons (Fsp3) is 1.00. The Balaban J connectivity index is 0. The van der Waals surface area contributed by atoms with Gasteiger partial charge in [0.2, 0.25) is 0 Å². The molecule has 0 aliphatic rings. The summed E-state index contributed by atoms with van der Waals surface area (Å²) in [6, 6.07) is 0. The molecule has 0 saturated carbocycles. The summed E-state index contributed by atoms with van der Waals surface area (Å²) in [5, 5.41) is 2.14. The van der Waals surface area contributed by atoms with E-state index in [2.05, 4.69) is 54.7 Å². The van der Waals surface area contributed by atoms with E-state index in [0.717, 1.165) is 10.7 Å². The van der Waals surface area contributed by atoms with Crippen molar-refractivity contribution in [2.45, 2.75) is 24.1 Å². The van der Waals surface area contributed by atoms with E-state index in [4.69, 9.17) is 14.4 Å². The van der Waals surface area contributed by atoms with Crippen molar-refractivity contribution in [2.75, 3.05) is 10.7 Å². The molecule has 13 heavy (non-hydrogen) atoms. The monoisotopic (exact) mass is 401 g/mol. The molecule has 7 heteroatoms. The van der Waals surface area contributed by atoms with Gasteiger partial charge in [0.1, 0.15) is 0 Å². The van der Waals surface area contributed by atoms with E-state index in [1.165, 1.54) is 12.8 Å². The number of rotatable bonds is 4. The summed E-state index contributed by atoms with van der Waals surface area (Å²) in [5.74, 6) is 0. The van der Waals surface area contributed by atoms with Gasteiger partial charge in [0.05, 0.1) is 0 Å². The molecule has 0 aliphatic heterocycles. The summed E-state index contributed by atoms with van der Waals surface area (Å²) < 4.78 is 9.02. The van der Waals surface area contributed by atoms with Crippen molar-refractivity contribution < 1.29 is 14.4 Å². The lowest BCUT2D eigenvalue weighted by Crippen LogP contribution is -2.16. The third kappa shape index (κ3) is 19.8. The molecule has 0 aromatic carbocycles. The first-order valence-electron chi connectivity index (χ1n) is 3.51. The van der Waals surface area contributed by atoms with E-state index < -0.39 is 8.25 Å². The van der Waals surface area contributed by atoms with Crippen LogP contribution in [0.2, 0.25) is 0 Å². The lowest BCUT2D eigenvalue weighted by Gasteiger charge is -2.19. The van der Waals surface area contributed by atoms with E-state index in [-0.39, 0.29) is 0 Å². The molecular formula is C6H13Br3O3P+. The standard InChI is InChI=1S/C6H11Br3.HO3P/c1-6(9,2-4-7)3-5-8;1-4(2)3/h2-5H2,1H3;(H-,1,2,3)/p+1. The van der Waals surface area contributed by atoms with Gasteiger partial charge < -0.3 is 0 Å². The van der Waals surface area contributed by atoms with E-state index >= 15 is 0 Å². The maximum atomic E-state index is 8.70. The van der Waals surface area contributed by atoms with Crippen LogP contribution in [0.25, 0.3) is 0 Å². The first-order chi connectivity index (χ1) is 5.85. The van der Waals surface area contributed by atoms with Crippen LogP contribution in [-0.2, 0) is 4.57 Å². The third-order valence-electron chi connectivity index (χ3n) is 1.23. The predicted molar refractivity (Wildman–Crippen MR) is 66.2 cm³/mol. The molecular weight excluding hydrogens is 391 g/mol. The Bertz CT molecular complexity index is 131. The van der Waals surface area contributed by atoms with Crippen LogP contribution in [-0.4, -0.2) is 24.8 Å². The Labute approximate surface area is 105 Å². The highest BCUT2D eigenvalue weighted by atomic mass is 79.9. The zero-order chi connectivity index (χ0) is 10.9. The molecule has 0 fully saturated rings. The molecule has 0 rings (SSSR count). The van der Waals surface area contributed by atoms with E-state index in [0.29, 0.717) is 4.32 Å². The highest BCUT2D eigenvalue weighted by molar-refractivity contribution is 9.10. The lowest BCUT2D eigenvalue weighted by atomic mass is 10.1. The summed E-state index contributed by atoms with van der Waals surface area (Å²) in [5.41, 5.74) is 0. The van der Waals surface area contributed by atoms with Crippen molar-refractivity contribution in [3.63, 3.8) is 0 Å². The van der Waals surface area contributed by atoms with Crippen LogP contribution in [0.3, 0.4) is 0 Å². The van der Waals surface area contributed by atoms with Gasteiger partial charge in [0, 0.05) is 19.5 Å². The van der Waals surface area contributed by atoms with E-state index in [1.807, 2.05) is 0 Å². The summed E-state index contributed by atoms with van der Waals surface area (Å²) in [6.45, 7) is 2.22. The van der Waals surface area contributed by atoms with E-state index in [9.17, 15) is 0 Å². The fourth-order valence-electron chi connectivity index (χ4n) is 0.519. The normalized spacial score (nSPS) is 10.3. The first-order valence-corrected chi connectivity index (χ1v) is 7.71. The SMILES string of the molecule is CC(Br)(CCBr)CCBr.O=[P+](O)O. The molecule has 0 radical (unpaired) electrons. The molecule has 0 aliphatic carbocycles. The number of alkyl halides is 3. The molecule has 0 saturated heterocycles. The molecule has 0 unspecified atom stereocenters. The van der Waals surface area contributed by atoms with Crippen molar-refractivity contribution in [3.05, 3.63) is 0 Å². The molecule has 0 aromatic rings. The highest BCUT2D eigenvalue weighted by Gasteiger charge is 2.17. The van der Waals surface area contributed by atoms with Gasteiger partial charge >= 0.3 is 8.25 Å². The molecule has 80 valence electrons. The van der Waals surface area contributed by atoms with E-state index in [1.54, 1.807) is 0 Å². The van der Waals surface area contributed by atoms with Crippen molar-refractivity contribution in [1.82, 2.24) is 0 Å². The van der Waals surface area contributed by atoms with Gasteiger partial charge in [-0.2, -0.15) is 0 Å². The first kappa shape index (κ1) is 16.9. The van der Waals surface area contributed by atoms with Gasteiger partial charge in [0.15, 0.2) is 0 Å². The van der Waals surface area contributed by atoms with Crippen LogP contribution < -0.4 is 0 Å². The smallest absolute Gasteiger partial charge is 0.134 e. The Morgan fingerprint density at radius 1 is 1.23 bits per heavy atom. The predicted octanol–water partition coefficient (Wildman–Crippen LogP) is 3.34. The van der Waals surface area contributed by atoms with Gasteiger partial charge in [0.25, 0.3) is 0 Å². The fourth-order valence-corrected chi connectivity index (χ4v) is 3.73. The molecule has 0 heterocycles. The third-order valence-corrected chi connectivity index (χ3v) is 2.82. The van der Waals surface area contributed by atoms with Crippen LogP contribution >= 0.6 is 56.0 Å². The molecule has 0 atom stereocenters. The maximum Gasteiger partial charge on any atom is 0.692 e. The summed E-state index contributed by atoms with van der Waals surface area (Å²) in [4.78, 5) is 14.2. The van der Waals surface area contributed by atoms with Crippen LogP contribution in [0.5, 0.6) is 0 Å². The minimum absolute atomic E-state index is 0.319. The van der Waals surface area contributed by atoms with Gasteiger partial charge in [-0.05, 0) is 19.8 Å². The summed E-state index contributed by atoms with van der Waals surface area (Å²) >= 11 is 10.5. The second kappa shape index (κ2) is 9.99. The Kier molecular flexibility index (Phi) is 13.0. The molecule has 0 aromatic heterocycles. The van der Waals surface area contributed by atoms with Crippen LogP contribution in [0.1, 0.15) is 19.8 Å². The summed E-state index contributed by atoms with van der Waals surface area (Å²) in [6.07, 6.45) is 2.36. The molecule has 2 N–H and O–H groups in total. The second-order valence-corrected chi connectivity index (χ2v) is 6.55. The van der Waals surface area contributed by atoms with Crippen molar-refractivity contribution in [1.29, 1.82) is 0 Å². The Morgan fingerprint density at radius 3 is 1.62 bits per heavy atom. The van der Waals surface area contributed by atoms with Crippen molar-refractivity contribution >= 4 is 56.0 Å². The molecule has 0 spiro atoms. The van der Waals surface area contributed by atoms with Gasteiger partial charge in [-0.3, -0.25) is 0 Å². The van der Waals surface area contributed by atoms with Gasteiger partial charge in [-0.1, -0.05) is 47.8 Å². The van der Waals surface area contributed by atoms with Crippen LogP contribution in [0, 0.1) is 0 Å². The Morgan fingerprint density at radius 2 is 1.46 bits per heavy atom. The topological polar surface area (TPSA) is 57.5 Å². The molecule has 0 amide bonds. The minimum Gasteiger partial charge on any atom is -0.134 e. The van der Waals surface area contributed by atoms with Crippen LogP contribution in [0.15, 0.2) is 0 Å². The van der Waals surface area contributed by atoms with Gasteiger partial charge in [-0.15, -0.1) is 9.79 Å². The lowest BCUT2D eigenvalue weighted by molar-refractivity contribution is 0.405. The minimum atomic E-state index is -2.87. The molecule has 3 nitrogen and oxygen atoms in total. The van der Waals surface area contributed by atoms with Gasteiger partial charge in [-0.25, -0.2) is 0 Å². The average molecular weight is 404 g/mol. The van der Waals surface area contributed by atoms with Crippen LogP contribution in [0.4, 0.5) is 0 Å². The quantitative estimate of drug-likeness (QED) is 0.559. The zero-order valence-corrected chi connectivity index (χ0v) is 12.9. The van der Waals surface area contributed by atoms with Crippen molar-refractivity contribution in [2.24, 2.45) is 0 Å². The number of hydrogen-bond acceptors (Lipinski definition) is 1. The number of halogens is 3. The largest absolute Gasteiger partial charge is 0.692 e. The number of hydrogen-bond donors (Lipinski definition) is 2. The highest BCUT2D eigenvalue weighted by Crippen LogP contribution is 2.27. The maximum absolute atomic E-state index is 8.70. The average Bonchev–Trinajstić information content (AvgIpc) is 1.84.